The summed E-state index contributed by atoms with van der Waals surface area (Å²) in [6.45, 7) is 3.60. The first-order valence-corrected chi connectivity index (χ1v) is 13.3. The van der Waals surface area contributed by atoms with Crippen LogP contribution in [0.3, 0.4) is 0 Å². The van der Waals surface area contributed by atoms with E-state index >= 15 is 0 Å². The summed E-state index contributed by atoms with van der Waals surface area (Å²) in [5.74, 6) is 0.124. The lowest BCUT2D eigenvalue weighted by Crippen LogP contribution is -2.40. The van der Waals surface area contributed by atoms with Crippen molar-refractivity contribution in [2.45, 2.75) is 44.7 Å². The van der Waals surface area contributed by atoms with Crippen LogP contribution in [0.15, 0.2) is 49.5 Å². The van der Waals surface area contributed by atoms with E-state index in [1.807, 2.05) is 6.92 Å². The summed E-state index contributed by atoms with van der Waals surface area (Å²) in [5.41, 5.74) is -1.09. The third-order valence-corrected chi connectivity index (χ3v) is 8.89. The monoisotopic (exact) mass is 511 g/mol. The quantitative estimate of drug-likeness (QED) is 0.368. The van der Waals surface area contributed by atoms with Gasteiger partial charge in [0.1, 0.15) is 0 Å². The Hall–Kier alpha value is -3.56. The Kier molecular flexibility index (Phi) is 5.49. The van der Waals surface area contributed by atoms with Crippen molar-refractivity contribution in [2.75, 3.05) is 5.75 Å². The van der Waals surface area contributed by atoms with Crippen molar-refractivity contribution >= 4 is 32.1 Å². The van der Waals surface area contributed by atoms with Crippen LogP contribution in [0.25, 0.3) is 10.9 Å². The van der Waals surface area contributed by atoms with Gasteiger partial charge in [0.25, 0.3) is 5.56 Å². The molecule has 1 fully saturated rings. The number of rotatable bonds is 7. The smallest absolute Gasteiger partial charge is 0.332 e. The second kappa shape index (κ2) is 8.28. The molecule has 35 heavy (non-hydrogen) atoms. The van der Waals surface area contributed by atoms with Crippen molar-refractivity contribution in [1.29, 1.82) is 5.26 Å². The molecule has 5 rings (SSSR count). The number of aromatic nitrogens is 4. The fourth-order valence-corrected chi connectivity index (χ4v) is 6.66. The molecule has 0 spiro atoms. The summed E-state index contributed by atoms with van der Waals surface area (Å²) in [6, 6.07) is 7.93. The minimum atomic E-state index is -3.82. The van der Waals surface area contributed by atoms with Crippen LogP contribution in [-0.2, 0) is 22.9 Å². The van der Waals surface area contributed by atoms with Gasteiger partial charge in [-0.25, -0.2) is 18.2 Å². The number of hydrogen-bond donors (Lipinski definition) is 0. The van der Waals surface area contributed by atoms with Crippen LogP contribution in [-0.4, -0.2) is 33.4 Å². The van der Waals surface area contributed by atoms with E-state index in [1.165, 1.54) is 34.1 Å². The van der Waals surface area contributed by atoms with Gasteiger partial charge in [-0.05, 0) is 44.9 Å². The average Bonchev–Trinajstić information content (AvgIpc) is 3.26. The fourth-order valence-electron chi connectivity index (χ4n) is 4.06. The molecule has 0 aliphatic heterocycles. The van der Waals surface area contributed by atoms with Gasteiger partial charge in [0, 0.05) is 17.1 Å². The number of hydrogen-bond acceptors (Lipinski definition) is 9. The predicted molar refractivity (Wildman–Crippen MR) is 128 cm³/mol. The highest BCUT2D eigenvalue weighted by Crippen LogP contribution is 2.46. The first kappa shape index (κ1) is 23.2. The second-order valence-corrected chi connectivity index (χ2v) is 12.2. The second-order valence-electron chi connectivity index (χ2n) is 8.87. The summed E-state index contributed by atoms with van der Waals surface area (Å²) < 4.78 is 33.9. The van der Waals surface area contributed by atoms with E-state index in [2.05, 4.69) is 16.2 Å². The maximum atomic E-state index is 13.5. The van der Waals surface area contributed by atoms with Crippen molar-refractivity contribution in [3.63, 3.8) is 0 Å². The Morgan fingerprint density at radius 2 is 1.94 bits per heavy atom. The van der Waals surface area contributed by atoms with Gasteiger partial charge in [-0.15, -0.1) is 11.3 Å². The zero-order valence-electron chi connectivity index (χ0n) is 19.0. The molecule has 0 bridgehead atoms. The van der Waals surface area contributed by atoms with Gasteiger partial charge in [0.2, 0.25) is 0 Å². The van der Waals surface area contributed by atoms with E-state index in [0.717, 1.165) is 14.5 Å². The standard InChI is InChI=1S/C23H21N5O5S2/c1-14-7-16(33-26-14)10-27-20-4-3-18(35(31,32)13-23(12-24)5-6-23)8-19(20)21(29)28(22(27)30)11-17-9-25-15(2)34-17/h3-4,7-9H,5-6,10-11,13H2,1-2H3. The number of benzene rings is 1. The first-order valence-electron chi connectivity index (χ1n) is 10.9. The molecule has 0 unspecified atom stereocenters. The van der Waals surface area contributed by atoms with Crippen molar-refractivity contribution in [3.05, 3.63) is 72.6 Å². The lowest BCUT2D eigenvalue weighted by Gasteiger charge is -2.14. The first-order chi connectivity index (χ1) is 16.6. The van der Waals surface area contributed by atoms with Crippen LogP contribution in [0.2, 0.25) is 0 Å². The van der Waals surface area contributed by atoms with Gasteiger partial charge < -0.3 is 4.52 Å². The number of fused-ring (bicyclic) bond motifs is 1. The van der Waals surface area contributed by atoms with Gasteiger partial charge in [0.15, 0.2) is 15.6 Å². The molecule has 3 heterocycles. The predicted octanol–water partition coefficient (Wildman–Crippen LogP) is 2.40. The molecule has 12 heteroatoms. The average molecular weight is 512 g/mol. The highest BCUT2D eigenvalue weighted by atomic mass is 32.2. The number of nitrogens with zero attached hydrogens (tertiary/aromatic N) is 5. The highest BCUT2D eigenvalue weighted by Gasteiger charge is 2.47. The highest BCUT2D eigenvalue weighted by molar-refractivity contribution is 7.91. The Balaban J connectivity index is 1.69. The van der Waals surface area contributed by atoms with E-state index in [9.17, 15) is 23.3 Å². The van der Waals surface area contributed by atoms with E-state index in [0.29, 0.717) is 24.3 Å². The minimum Gasteiger partial charge on any atom is -0.359 e. The minimum absolute atomic E-state index is 0.00304. The summed E-state index contributed by atoms with van der Waals surface area (Å²) in [7, 11) is -3.82. The van der Waals surface area contributed by atoms with E-state index in [1.54, 1.807) is 19.2 Å². The molecule has 180 valence electrons. The van der Waals surface area contributed by atoms with Crippen LogP contribution in [0, 0.1) is 30.6 Å². The lowest BCUT2D eigenvalue weighted by atomic mass is 10.2. The number of aryl methyl sites for hydroxylation is 2. The van der Waals surface area contributed by atoms with E-state index < -0.39 is 26.5 Å². The Bertz CT molecular complexity index is 1730. The number of thiazole rings is 1. The number of nitriles is 1. The Morgan fingerprint density at radius 1 is 1.17 bits per heavy atom. The van der Waals surface area contributed by atoms with Crippen LogP contribution in [0.5, 0.6) is 0 Å². The molecule has 0 amide bonds. The molecular formula is C23H21N5O5S2. The molecule has 1 aromatic carbocycles. The largest absolute Gasteiger partial charge is 0.359 e. The van der Waals surface area contributed by atoms with E-state index in [4.69, 9.17) is 4.52 Å². The van der Waals surface area contributed by atoms with Gasteiger partial charge in [-0.1, -0.05) is 5.16 Å². The zero-order chi connectivity index (χ0) is 25.0. The third kappa shape index (κ3) is 4.33. The summed E-state index contributed by atoms with van der Waals surface area (Å²) >= 11 is 1.37. The maximum Gasteiger partial charge on any atom is 0.332 e. The molecule has 0 radical (unpaired) electrons. The number of sulfone groups is 1. The van der Waals surface area contributed by atoms with Crippen molar-refractivity contribution in [1.82, 2.24) is 19.3 Å². The Labute approximate surface area is 204 Å². The van der Waals surface area contributed by atoms with Crippen LogP contribution in [0.1, 0.15) is 34.2 Å². The molecule has 1 saturated carbocycles. The molecule has 0 atom stereocenters. The normalized spacial score (nSPS) is 14.8. The molecule has 1 aliphatic rings. The zero-order valence-corrected chi connectivity index (χ0v) is 20.6. The van der Waals surface area contributed by atoms with Gasteiger partial charge in [-0.2, -0.15) is 5.26 Å². The van der Waals surface area contributed by atoms with Crippen molar-refractivity contribution in [3.8, 4) is 6.07 Å². The maximum absolute atomic E-state index is 13.5. The Morgan fingerprint density at radius 3 is 2.54 bits per heavy atom. The van der Waals surface area contributed by atoms with Crippen LogP contribution < -0.4 is 11.2 Å². The van der Waals surface area contributed by atoms with Gasteiger partial charge >= 0.3 is 5.69 Å². The molecule has 3 aromatic heterocycles. The summed E-state index contributed by atoms with van der Waals surface area (Å²) in [5, 5.41) is 14.1. The third-order valence-electron chi connectivity index (χ3n) is 6.09. The molecular weight excluding hydrogens is 490 g/mol. The summed E-state index contributed by atoms with van der Waals surface area (Å²) in [4.78, 5) is 31.7. The van der Waals surface area contributed by atoms with Crippen LogP contribution in [0.4, 0.5) is 0 Å². The molecule has 0 saturated heterocycles. The van der Waals surface area contributed by atoms with E-state index in [-0.39, 0.29) is 34.6 Å². The van der Waals surface area contributed by atoms with Gasteiger partial charge in [0.05, 0.1) is 56.8 Å². The fraction of sp³-hybridized carbons (Fsp3) is 0.348. The molecule has 10 nitrogen and oxygen atoms in total. The SMILES string of the molecule is Cc1cc(Cn2c(=O)n(Cc3cnc(C)s3)c(=O)c3cc(S(=O)(=O)CC4(C#N)CC4)ccc32)on1. The van der Waals surface area contributed by atoms with Crippen LogP contribution >= 0.6 is 11.3 Å². The molecule has 1 aliphatic carbocycles. The lowest BCUT2D eigenvalue weighted by molar-refractivity contribution is 0.371. The van der Waals surface area contributed by atoms with Crippen molar-refractivity contribution in [2.24, 2.45) is 5.41 Å². The molecule has 4 aromatic rings. The topological polar surface area (TPSA) is 141 Å². The summed E-state index contributed by atoms with van der Waals surface area (Å²) in [6.07, 6.45) is 2.68. The van der Waals surface area contributed by atoms with Crippen molar-refractivity contribution < 1.29 is 12.9 Å². The van der Waals surface area contributed by atoms with Gasteiger partial charge in [-0.3, -0.25) is 13.9 Å². The molecule has 0 N–H and O–H groups in total.